The lowest BCUT2D eigenvalue weighted by atomic mass is 10.2. The summed E-state index contributed by atoms with van der Waals surface area (Å²) in [4.78, 5) is 11.7. The Morgan fingerprint density at radius 1 is 1.56 bits per heavy atom. The van der Waals surface area contributed by atoms with Gasteiger partial charge >= 0.3 is 5.97 Å². The molecule has 0 radical (unpaired) electrons. The van der Waals surface area contributed by atoms with Crippen LogP contribution in [0, 0.1) is 0 Å². The highest BCUT2D eigenvalue weighted by molar-refractivity contribution is 7.86. The van der Waals surface area contributed by atoms with Gasteiger partial charge in [0, 0.05) is 26.7 Å². The molecule has 0 aromatic carbocycles. The standard InChI is InChI=1S/C10H21N3O4S/c1-3-17-10(14)9-5-4-7-13(9)18(15,16)12(2)8-6-11/h9H,3-8,11H2,1-2H3. The van der Waals surface area contributed by atoms with Crippen LogP contribution in [-0.2, 0) is 19.7 Å². The van der Waals surface area contributed by atoms with E-state index in [1.807, 2.05) is 0 Å². The average Bonchev–Trinajstić information content (AvgIpc) is 2.79. The molecule has 0 bridgehead atoms. The van der Waals surface area contributed by atoms with Gasteiger partial charge in [0.1, 0.15) is 6.04 Å². The second kappa shape index (κ2) is 6.46. The molecule has 1 aliphatic rings. The van der Waals surface area contributed by atoms with Crippen molar-refractivity contribution >= 4 is 16.2 Å². The van der Waals surface area contributed by atoms with Gasteiger partial charge in [-0.3, -0.25) is 4.79 Å². The molecular formula is C10H21N3O4S. The molecule has 1 rings (SSSR count). The number of carbonyl (C=O) groups excluding carboxylic acids is 1. The van der Waals surface area contributed by atoms with Crippen molar-refractivity contribution in [3.63, 3.8) is 0 Å². The third-order valence-electron chi connectivity index (χ3n) is 2.90. The van der Waals surface area contributed by atoms with E-state index in [2.05, 4.69) is 0 Å². The predicted octanol–water partition coefficient (Wildman–Crippen LogP) is -0.851. The van der Waals surface area contributed by atoms with E-state index >= 15 is 0 Å². The lowest BCUT2D eigenvalue weighted by molar-refractivity contribution is -0.146. The second-order valence-electron chi connectivity index (χ2n) is 4.14. The summed E-state index contributed by atoms with van der Waals surface area (Å²) in [6, 6.07) is -0.699. The normalized spacial score (nSPS) is 21.4. The lowest BCUT2D eigenvalue weighted by Crippen LogP contribution is -2.48. The predicted molar refractivity (Wildman–Crippen MR) is 67.0 cm³/mol. The summed E-state index contributed by atoms with van der Waals surface area (Å²) in [6.07, 6.45) is 1.17. The van der Waals surface area contributed by atoms with Gasteiger partial charge in [0.15, 0.2) is 0 Å². The van der Waals surface area contributed by atoms with Gasteiger partial charge in [-0.2, -0.15) is 17.0 Å². The summed E-state index contributed by atoms with van der Waals surface area (Å²) in [5.41, 5.74) is 5.35. The first kappa shape index (κ1) is 15.4. The molecule has 1 heterocycles. The summed E-state index contributed by atoms with van der Waals surface area (Å²) >= 11 is 0. The van der Waals surface area contributed by atoms with E-state index in [1.54, 1.807) is 6.92 Å². The molecular weight excluding hydrogens is 258 g/mol. The molecule has 0 aromatic rings. The van der Waals surface area contributed by atoms with Gasteiger partial charge in [-0.15, -0.1) is 0 Å². The zero-order valence-corrected chi connectivity index (χ0v) is 11.6. The minimum atomic E-state index is -3.63. The number of carbonyl (C=O) groups is 1. The van der Waals surface area contributed by atoms with Gasteiger partial charge in [0.2, 0.25) is 0 Å². The zero-order chi connectivity index (χ0) is 13.8. The Balaban J connectivity index is 2.83. The molecule has 18 heavy (non-hydrogen) atoms. The Morgan fingerprint density at radius 3 is 2.78 bits per heavy atom. The number of nitrogens with zero attached hydrogens (tertiary/aromatic N) is 2. The maximum Gasteiger partial charge on any atom is 0.324 e. The van der Waals surface area contributed by atoms with Crippen molar-refractivity contribution in [2.45, 2.75) is 25.8 Å². The summed E-state index contributed by atoms with van der Waals surface area (Å²) in [5.74, 6) is -0.472. The Labute approximate surface area is 108 Å². The number of likely N-dealkylation sites (N-methyl/N-ethyl adjacent to an activating group) is 1. The SMILES string of the molecule is CCOC(=O)C1CCCN1S(=O)(=O)N(C)CCN. The summed E-state index contributed by atoms with van der Waals surface area (Å²) in [7, 11) is -2.17. The third kappa shape index (κ3) is 3.19. The number of rotatable bonds is 6. The van der Waals surface area contributed by atoms with Crippen molar-refractivity contribution in [3.05, 3.63) is 0 Å². The van der Waals surface area contributed by atoms with Crippen LogP contribution in [0.25, 0.3) is 0 Å². The largest absolute Gasteiger partial charge is 0.465 e. The Hall–Kier alpha value is -0.700. The first-order chi connectivity index (χ1) is 8.45. The molecule has 1 aliphatic heterocycles. The van der Waals surface area contributed by atoms with Crippen LogP contribution in [0.2, 0.25) is 0 Å². The van der Waals surface area contributed by atoms with Crippen LogP contribution >= 0.6 is 0 Å². The third-order valence-corrected chi connectivity index (χ3v) is 4.90. The average molecular weight is 279 g/mol. The van der Waals surface area contributed by atoms with E-state index in [0.29, 0.717) is 19.4 Å². The van der Waals surface area contributed by atoms with Gasteiger partial charge in [-0.25, -0.2) is 0 Å². The van der Waals surface area contributed by atoms with Crippen molar-refractivity contribution in [2.75, 3.05) is 33.3 Å². The summed E-state index contributed by atoms with van der Waals surface area (Å²) in [5, 5.41) is 0. The molecule has 106 valence electrons. The molecule has 7 nitrogen and oxygen atoms in total. The van der Waals surface area contributed by atoms with Crippen molar-refractivity contribution in [1.29, 1.82) is 0 Å². The molecule has 8 heteroatoms. The highest BCUT2D eigenvalue weighted by atomic mass is 32.2. The van der Waals surface area contributed by atoms with Gasteiger partial charge in [0.25, 0.3) is 10.2 Å². The quantitative estimate of drug-likeness (QED) is 0.639. The van der Waals surface area contributed by atoms with E-state index in [0.717, 1.165) is 0 Å². The van der Waals surface area contributed by atoms with Crippen LogP contribution in [0.4, 0.5) is 0 Å². The minimum Gasteiger partial charge on any atom is -0.465 e. The van der Waals surface area contributed by atoms with E-state index in [1.165, 1.54) is 15.7 Å². The van der Waals surface area contributed by atoms with Crippen LogP contribution in [0.3, 0.4) is 0 Å². The van der Waals surface area contributed by atoms with E-state index < -0.39 is 22.2 Å². The molecule has 1 atom stereocenters. The zero-order valence-electron chi connectivity index (χ0n) is 10.8. The topological polar surface area (TPSA) is 92.9 Å². The number of hydrogen-bond acceptors (Lipinski definition) is 5. The maximum atomic E-state index is 12.2. The molecule has 1 fully saturated rings. The molecule has 1 unspecified atom stereocenters. The summed E-state index contributed by atoms with van der Waals surface area (Å²) < 4.78 is 31.7. The van der Waals surface area contributed by atoms with Crippen LogP contribution in [-0.4, -0.2) is 62.3 Å². The molecule has 0 aliphatic carbocycles. The van der Waals surface area contributed by atoms with Crippen LogP contribution < -0.4 is 5.73 Å². The van der Waals surface area contributed by atoms with Crippen molar-refractivity contribution in [1.82, 2.24) is 8.61 Å². The Kier molecular flexibility index (Phi) is 5.51. The van der Waals surface area contributed by atoms with E-state index in [4.69, 9.17) is 10.5 Å². The van der Waals surface area contributed by atoms with Gasteiger partial charge in [0.05, 0.1) is 6.61 Å². The fraction of sp³-hybridized carbons (Fsp3) is 0.900. The number of hydrogen-bond donors (Lipinski definition) is 1. The van der Waals surface area contributed by atoms with Gasteiger partial charge < -0.3 is 10.5 Å². The number of esters is 1. The van der Waals surface area contributed by atoms with E-state index in [9.17, 15) is 13.2 Å². The molecule has 0 saturated carbocycles. The fourth-order valence-corrected chi connectivity index (χ4v) is 3.53. The van der Waals surface area contributed by atoms with Crippen molar-refractivity contribution in [2.24, 2.45) is 5.73 Å². The first-order valence-corrected chi connectivity index (χ1v) is 7.44. The van der Waals surface area contributed by atoms with Gasteiger partial charge in [-0.05, 0) is 19.8 Å². The van der Waals surface area contributed by atoms with Gasteiger partial charge in [-0.1, -0.05) is 0 Å². The second-order valence-corrected chi connectivity index (χ2v) is 6.13. The Bertz CT molecular complexity index is 385. The van der Waals surface area contributed by atoms with Crippen molar-refractivity contribution in [3.8, 4) is 0 Å². The molecule has 0 amide bonds. The molecule has 2 N–H and O–H groups in total. The first-order valence-electron chi connectivity index (χ1n) is 6.05. The van der Waals surface area contributed by atoms with E-state index in [-0.39, 0.29) is 19.7 Å². The molecule has 0 spiro atoms. The number of ether oxygens (including phenoxy) is 1. The fourth-order valence-electron chi connectivity index (χ4n) is 1.97. The summed E-state index contributed by atoms with van der Waals surface area (Å²) in [6.45, 7) is 2.77. The lowest BCUT2D eigenvalue weighted by Gasteiger charge is -2.27. The van der Waals surface area contributed by atoms with Crippen LogP contribution in [0.1, 0.15) is 19.8 Å². The number of nitrogens with two attached hydrogens (primary N) is 1. The molecule has 1 saturated heterocycles. The highest BCUT2D eigenvalue weighted by Gasteiger charge is 2.41. The van der Waals surface area contributed by atoms with Crippen LogP contribution in [0.5, 0.6) is 0 Å². The monoisotopic (exact) mass is 279 g/mol. The Morgan fingerprint density at radius 2 is 2.22 bits per heavy atom. The molecule has 0 aromatic heterocycles. The smallest absolute Gasteiger partial charge is 0.324 e. The maximum absolute atomic E-state index is 12.2. The van der Waals surface area contributed by atoms with Crippen LogP contribution in [0.15, 0.2) is 0 Å². The van der Waals surface area contributed by atoms with Crippen molar-refractivity contribution < 1.29 is 17.9 Å². The highest BCUT2D eigenvalue weighted by Crippen LogP contribution is 2.23. The minimum absolute atomic E-state index is 0.231.